The van der Waals surface area contributed by atoms with Crippen LogP contribution in [-0.2, 0) is 11.2 Å². The molecular weight excluding hydrogens is 340 g/mol. The lowest BCUT2D eigenvalue weighted by atomic mass is 9.75. The third-order valence-electron chi connectivity index (χ3n) is 6.82. The lowest BCUT2D eigenvalue weighted by Gasteiger charge is -2.28. The summed E-state index contributed by atoms with van der Waals surface area (Å²) in [4.78, 5) is 11.0. The van der Waals surface area contributed by atoms with Crippen molar-refractivity contribution in [2.24, 2.45) is 17.8 Å². The molecule has 2 unspecified atom stereocenters. The van der Waals surface area contributed by atoms with E-state index in [4.69, 9.17) is 9.84 Å². The second-order valence-corrected chi connectivity index (χ2v) is 8.51. The summed E-state index contributed by atoms with van der Waals surface area (Å²) in [6.07, 6.45) is 13.6. The number of aliphatic hydroxyl groups is 1. The maximum absolute atomic E-state index is 11.0. The Bertz CT molecular complexity index is 674. The van der Waals surface area contributed by atoms with Crippen molar-refractivity contribution in [3.8, 4) is 0 Å². The molecule has 2 N–H and O–H groups in total. The Kier molecular flexibility index (Phi) is 5.65. The Balaban J connectivity index is 1.43. The van der Waals surface area contributed by atoms with Crippen LogP contribution in [0.15, 0.2) is 36.4 Å². The predicted molar refractivity (Wildman–Crippen MR) is 104 cm³/mol. The highest BCUT2D eigenvalue weighted by Crippen LogP contribution is 2.45. The Morgan fingerprint density at radius 2 is 1.78 bits per heavy atom. The standard InChI is InChI=1S/C23H30O4/c24-20(16-4-2-1-3-5-16)11-10-18-19(22-13-12-21(18)27-22)14-15-6-8-17(9-7-15)23(25)26/h6-11,16,18-22,24H,1-5,12-14H2,(H,25,26)/b11-10+/t18-,19+,20?,21-,22?/m0/s1. The van der Waals surface area contributed by atoms with Gasteiger partial charge in [0.05, 0.1) is 23.9 Å². The number of aromatic carboxylic acids is 1. The zero-order valence-electron chi connectivity index (χ0n) is 15.8. The van der Waals surface area contributed by atoms with E-state index in [-0.39, 0.29) is 18.3 Å². The molecule has 4 heteroatoms. The quantitative estimate of drug-likeness (QED) is 0.736. The van der Waals surface area contributed by atoms with Gasteiger partial charge in [0.2, 0.25) is 0 Å². The van der Waals surface area contributed by atoms with E-state index in [0.717, 1.165) is 37.7 Å². The van der Waals surface area contributed by atoms with Crippen molar-refractivity contribution in [3.63, 3.8) is 0 Å². The largest absolute Gasteiger partial charge is 0.478 e. The minimum absolute atomic E-state index is 0.271. The molecule has 4 rings (SSSR count). The van der Waals surface area contributed by atoms with Crippen LogP contribution in [0.1, 0.15) is 60.9 Å². The average molecular weight is 370 g/mol. The molecule has 27 heavy (non-hydrogen) atoms. The van der Waals surface area contributed by atoms with Gasteiger partial charge in [0.1, 0.15) is 0 Å². The predicted octanol–water partition coefficient (Wildman–Crippen LogP) is 4.22. The molecule has 2 heterocycles. The lowest BCUT2D eigenvalue weighted by Crippen LogP contribution is -2.28. The van der Waals surface area contributed by atoms with Gasteiger partial charge in [-0.2, -0.15) is 0 Å². The van der Waals surface area contributed by atoms with Crippen LogP contribution >= 0.6 is 0 Å². The first-order valence-electron chi connectivity index (χ1n) is 10.5. The van der Waals surface area contributed by atoms with Gasteiger partial charge in [0, 0.05) is 5.92 Å². The zero-order valence-corrected chi connectivity index (χ0v) is 15.8. The van der Waals surface area contributed by atoms with E-state index in [2.05, 4.69) is 6.08 Å². The first-order valence-corrected chi connectivity index (χ1v) is 10.5. The monoisotopic (exact) mass is 370 g/mol. The van der Waals surface area contributed by atoms with Crippen molar-refractivity contribution in [2.45, 2.75) is 69.7 Å². The summed E-state index contributed by atoms with van der Waals surface area (Å²) in [5, 5.41) is 19.6. The number of carbonyl (C=O) groups is 1. The molecule has 0 aromatic heterocycles. The Morgan fingerprint density at radius 1 is 1.07 bits per heavy atom. The highest BCUT2D eigenvalue weighted by molar-refractivity contribution is 5.87. The van der Waals surface area contributed by atoms with Crippen molar-refractivity contribution in [1.29, 1.82) is 0 Å². The number of rotatable bonds is 6. The van der Waals surface area contributed by atoms with Crippen molar-refractivity contribution in [3.05, 3.63) is 47.5 Å². The molecule has 2 saturated heterocycles. The molecule has 0 radical (unpaired) electrons. The van der Waals surface area contributed by atoms with Gasteiger partial charge in [0.25, 0.3) is 0 Å². The number of benzene rings is 1. The summed E-state index contributed by atoms with van der Waals surface area (Å²) >= 11 is 0. The molecular formula is C23H30O4. The van der Waals surface area contributed by atoms with E-state index in [1.165, 1.54) is 19.3 Å². The van der Waals surface area contributed by atoms with Crippen LogP contribution in [0.25, 0.3) is 0 Å². The fourth-order valence-corrected chi connectivity index (χ4v) is 5.28. The van der Waals surface area contributed by atoms with Crippen LogP contribution in [0.3, 0.4) is 0 Å². The van der Waals surface area contributed by atoms with Gasteiger partial charge in [-0.25, -0.2) is 4.79 Å². The van der Waals surface area contributed by atoms with E-state index >= 15 is 0 Å². The zero-order chi connectivity index (χ0) is 18.8. The number of ether oxygens (including phenoxy) is 1. The van der Waals surface area contributed by atoms with E-state index < -0.39 is 5.97 Å². The molecule has 4 nitrogen and oxygen atoms in total. The van der Waals surface area contributed by atoms with Gasteiger partial charge in [-0.05, 0) is 61.6 Å². The topological polar surface area (TPSA) is 66.8 Å². The van der Waals surface area contributed by atoms with Crippen LogP contribution in [0, 0.1) is 17.8 Å². The van der Waals surface area contributed by atoms with E-state index in [1.54, 1.807) is 12.1 Å². The minimum Gasteiger partial charge on any atom is -0.478 e. The van der Waals surface area contributed by atoms with Crippen LogP contribution < -0.4 is 0 Å². The summed E-state index contributed by atoms with van der Waals surface area (Å²) in [6.45, 7) is 0. The number of carboxylic acid groups (broad SMARTS) is 1. The van der Waals surface area contributed by atoms with Crippen molar-refractivity contribution in [1.82, 2.24) is 0 Å². The SMILES string of the molecule is O=C(O)c1ccc(C[C@H]2C3CC[C@H](O3)[C@H]2/C=C/C(O)C2CCCCC2)cc1. The molecule has 3 fully saturated rings. The summed E-state index contributed by atoms with van der Waals surface area (Å²) in [7, 11) is 0. The van der Waals surface area contributed by atoms with Gasteiger partial charge >= 0.3 is 5.97 Å². The van der Waals surface area contributed by atoms with Crippen LogP contribution in [0.4, 0.5) is 0 Å². The van der Waals surface area contributed by atoms with E-state index in [1.807, 2.05) is 18.2 Å². The highest BCUT2D eigenvalue weighted by atomic mass is 16.5. The summed E-state index contributed by atoms with van der Waals surface area (Å²) < 4.78 is 6.18. The normalized spacial score (nSPS) is 32.2. The molecule has 2 aliphatic heterocycles. The molecule has 1 aliphatic carbocycles. The number of fused-ring (bicyclic) bond motifs is 2. The van der Waals surface area contributed by atoms with Crippen LogP contribution in [0.5, 0.6) is 0 Å². The molecule has 2 bridgehead atoms. The molecule has 1 aromatic rings. The van der Waals surface area contributed by atoms with Crippen LogP contribution in [0.2, 0.25) is 0 Å². The van der Waals surface area contributed by atoms with Crippen molar-refractivity contribution >= 4 is 5.97 Å². The number of hydrogen-bond acceptors (Lipinski definition) is 3. The van der Waals surface area contributed by atoms with Gasteiger partial charge in [0.15, 0.2) is 0 Å². The molecule has 0 amide bonds. The third kappa shape index (κ3) is 4.12. The Morgan fingerprint density at radius 3 is 2.48 bits per heavy atom. The first kappa shape index (κ1) is 18.7. The minimum atomic E-state index is -0.887. The molecule has 0 spiro atoms. The molecule has 5 atom stereocenters. The fourth-order valence-electron chi connectivity index (χ4n) is 5.28. The maximum atomic E-state index is 11.0. The second kappa shape index (κ2) is 8.15. The molecule has 3 aliphatic rings. The van der Waals surface area contributed by atoms with Gasteiger partial charge in [-0.3, -0.25) is 0 Å². The fraction of sp³-hybridized carbons (Fsp3) is 0.609. The average Bonchev–Trinajstić information content (AvgIpc) is 3.29. The maximum Gasteiger partial charge on any atom is 0.335 e. The van der Waals surface area contributed by atoms with Gasteiger partial charge in [-0.1, -0.05) is 43.5 Å². The molecule has 1 aromatic carbocycles. The number of carboxylic acids is 1. The summed E-state index contributed by atoms with van der Waals surface area (Å²) in [6, 6.07) is 7.22. The van der Waals surface area contributed by atoms with Gasteiger partial charge < -0.3 is 14.9 Å². The summed E-state index contributed by atoms with van der Waals surface area (Å²) in [5.74, 6) is 0.286. The summed E-state index contributed by atoms with van der Waals surface area (Å²) in [5.41, 5.74) is 1.49. The third-order valence-corrected chi connectivity index (χ3v) is 6.82. The van der Waals surface area contributed by atoms with Crippen molar-refractivity contribution in [2.75, 3.05) is 0 Å². The first-order chi connectivity index (χ1) is 13.1. The lowest BCUT2D eigenvalue weighted by molar-refractivity contribution is 0.0696. The van der Waals surface area contributed by atoms with Gasteiger partial charge in [-0.15, -0.1) is 0 Å². The van der Waals surface area contributed by atoms with Crippen molar-refractivity contribution < 1.29 is 19.7 Å². The molecule has 1 saturated carbocycles. The number of aliphatic hydroxyl groups excluding tert-OH is 1. The highest BCUT2D eigenvalue weighted by Gasteiger charge is 2.47. The van der Waals surface area contributed by atoms with Crippen LogP contribution in [-0.4, -0.2) is 34.5 Å². The molecule has 146 valence electrons. The van der Waals surface area contributed by atoms with E-state index in [0.29, 0.717) is 23.3 Å². The Hall–Kier alpha value is -1.65. The number of hydrogen-bond donors (Lipinski definition) is 2. The van der Waals surface area contributed by atoms with E-state index in [9.17, 15) is 9.90 Å². The Labute approximate surface area is 161 Å². The smallest absolute Gasteiger partial charge is 0.335 e. The second-order valence-electron chi connectivity index (χ2n) is 8.51.